The molecule has 0 spiro atoms. The molecule has 0 unspecified atom stereocenters. The average Bonchev–Trinajstić information content (AvgIpc) is 2.78. The van der Waals surface area contributed by atoms with Gasteiger partial charge in [0.15, 0.2) is 0 Å². The lowest BCUT2D eigenvalue weighted by Gasteiger charge is -2.23. The summed E-state index contributed by atoms with van der Waals surface area (Å²) < 4.78 is 5.40. The first-order chi connectivity index (χ1) is 14.7. The van der Waals surface area contributed by atoms with Crippen LogP contribution < -0.4 is 10.2 Å². The largest absolute Gasteiger partial charge is 0.370 e. The van der Waals surface area contributed by atoms with Crippen LogP contribution in [-0.4, -0.2) is 50.3 Å². The summed E-state index contributed by atoms with van der Waals surface area (Å²) in [5.74, 6) is -0.0523. The fraction of sp³-hybridized carbons (Fsp3) is 0.304. The number of carbonyl (C=O) groups excluding carboxylic acids is 1. The predicted molar refractivity (Wildman–Crippen MR) is 121 cm³/mol. The molecule has 7 heteroatoms. The maximum Gasteiger partial charge on any atom is 0.252 e. The molecule has 0 saturated carbocycles. The lowest BCUT2D eigenvalue weighted by Crippen LogP contribution is -3.14. The molecule has 1 fully saturated rings. The zero-order chi connectivity index (χ0) is 20.8. The van der Waals surface area contributed by atoms with Gasteiger partial charge in [0.1, 0.15) is 18.1 Å². The Morgan fingerprint density at radius 1 is 1.13 bits per heavy atom. The van der Waals surface area contributed by atoms with Crippen LogP contribution in [0.15, 0.2) is 64.5 Å². The Morgan fingerprint density at radius 2 is 1.90 bits per heavy atom. The Kier molecular flexibility index (Phi) is 7.23. The molecular formula is C23H25ClN3O2S+. The van der Waals surface area contributed by atoms with Crippen LogP contribution in [0, 0.1) is 0 Å². The Bertz CT molecular complexity index is 1010. The maximum absolute atomic E-state index is 13.0. The number of nitrogens with zero attached hydrogens (tertiary/aromatic N) is 1. The van der Waals surface area contributed by atoms with Gasteiger partial charge in [-0.05, 0) is 36.4 Å². The van der Waals surface area contributed by atoms with Crippen molar-refractivity contribution in [2.24, 2.45) is 0 Å². The monoisotopic (exact) mass is 442 g/mol. The summed E-state index contributed by atoms with van der Waals surface area (Å²) in [4.78, 5) is 20.3. The van der Waals surface area contributed by atoms with Crippen molar-refractivity contribution in [1.82, 2.24) is 10.3 Å². The first-order valence-corrected chi connectivity index (χ1v) is 11.4. The van der Waals surface area contributed by atoms with Crippen LogP contribution in [0.5, 0.6) is 0 Å². The first-order valence-electron chi connectivity index (χ1n) is 10.2. The zero-order valence-electron chi connectivity index (χ0n) is 16.7. The number of rotatable bonds is 7. The highest BCUT2D eigenvalue weighted by Crippen LogP contribution is 2.30. The molecule has 156 valence electrons. The minimum atomic E-state index is -0.0523. The highest BCUT2D eigenvalue weighted by atomic mass is 35.5. The van der Waals surface area contributed by atoms with E-state index in [0.29, 0.717) is 17.1 Å². The van der Waals surface area contributed by atoms with Crippen LogP contribution in [0.3, 0.4) is 0 Å². The van der Waals surface area contributed by atoms with Crippen molar-refractivity contribution < 1.29 is 14.4 Å². The van der Waals surface area contributed by atoms with Gasteiger partial charge < -0.3 is 15.0 Å². The molecule has 0 radical (unpaired) electrons. The Morgan fingerprint density at radius 3 is 2.70 bits per heavy atom. The third-order valence-corrected chi connectivity index (χ3v) is 6.34. The van der Waals surface area contributed by atoms with E-state index in [0.717, 1.165) is 60.1 Å². The van der Waals surface area contributed by atoms with Crippen LogP contribution in [0.2, 0.25) is 5.02 Å². The van der Waals surface area contributed by atoms with E-state index in [4.69, 9.17) is 21.3 Å². The van der Waals surface area contributed by atoms with Crippen LogP contribution in [0.1, 0.15) is 16.8 Å². The Labute approximate surface area is 185 Å². The van der Waals surface area contributed by atoms with E-state index in [1.54, 1.807) is 4.90 Å². The van der Waals surface area contributed by atoms with Gasteiger partial charge in [-0.3, -0.25) is 4.79 Å². The molecule has 5 nitrogen and oxygen atoms in total. The normalized spacial score (nSPS) is 14.7. The lowest BCUT2D eigenvalue weighted by molar-refractivity contribution is -0.908. The number of morpholine rings is 1. The molecule has 0 atom stereocenters. The van der Waals surface area contributed by atoms with E-state index in [-0.39, 0.29) is 5.91 Å². The fourth-order valence-electron chi connectivity index (χ4n) is 3.56. The number of para-hydroxylation sites is 1. The summed E-state index contributed by atoms with van der Waals surface area (Å²) in [5, 5.41) is 5.45. The number of amides is 1. The van der Waals surface area contributed by atoms with Crippen molar-refractivity contribution in [1.29, 1.82) is 0 Å². The van der Waals surface area contributed by atoms with Crippen LogP contribution >= 0.6 is 23.4 Å². The minimum absolute atomic E-state index is 0.0523. The summed E-state index contributed by atoms with van der Waals surface area (Å²) in [6.07, 6.45) is 0.955. The summed E-state index contributed by atoms with van der Waals surface area (Å²) in [7, 11) is 0. The Hall–Kier alpha value is -2.12. The second-order valence-electron chi connectivity index (χ2n) is 7.30. The predicted octanol–water partition coefficient (Wildman–Crippen LogP) is 3.07. The van der Waals surface area contributed by atoms with Gasteiger partial charge in [-0.1, -0.05) is 41.6 Å². The topological polar surface area (TPSA) is 55.7 Å². The zero-order valence-corrected chi connectivity index (χ0v) is 18.3. The van der Waals surface area contributed by atoms with E-state index in [1.807, 2.05) is 54.6 Å². The number of benzene rings is 2. The molecule has 3 aromatic rings. The van der Waals surface area contributed by atoms with Crippen LogP contribution in [0.25, 0.3) is 10.9 Å². The van der Waals surface area contributed by atoms with E-state index < -0.39 is 0 Å². The number of ether oxygens (including phenoxy) is 1. The number of hydrogen-bond acceptors (Lipinski definition) is 4. The number of pyridine rings is 1. The summed E-state index contributed by atoms with van der Waals surface area (Å²) in [6, 6.07) is 17.3. The highest BCUT2D eigenvalue weighted by molar-refractivity contribution is 7.99. The van der Waals surface area contributed by atoms with Crippen LogP contribution in [0.4, 0.5) is 0 Å². The molecular weight excluding hydrogens is 418 g/mol. The number of carbonyl (C=O) groups is 1. The molecule has 1 aromatic heterocycles. The Balaban J connectivity index is 1.45. The second-order valence-corrected chi connectivity index (χ2v) is 8.83. The maximum atomic E-state index is 13.0. The summed E-state index contributed by atoms with van der Waals surface area (Å²) >= 11 is 7.51. The summed E-state index contributed by atoms with van der Waals surface area (Å²) in [5.41, 5.74) is 1.48. The first kappa shape index (κ1) is 21.1. The molecule has 0 bridgehead atoms. The molecule has 1 saturated heterocycles. The molecule has 0 aliphatic carbocycles. The van der Waals surface area contributed by atoms with Gasteiger partial charge in [0.25, 0.3) is 5.91 Å². The third-order valence-electron chi connectivity index (χ3n) is 5.17. The quantitative estimate of drug-likeness (QED) is 0.552. The van der Waals surface area contributed by atoms with E-state index in [2.05, 4.69) is 5.32 Å². The van der Waals surface area contributed by atoms with E-state index in [9.17, 15) is 4.79 Å². The van der Waals surface area contributed by atoms with Gasteiger partial charge in [-0.15, -0.1) is 0 Å². The minimum Gasteiger partial charge on any atom is -0.370 e. The van der Waals surface area contributed by atoms with Crippen molar-refractivity contribution in [3.63, 3.8) is 0 Å². The highest BCUT2D eigenvalue weighted by Gasteiger charge is 2.15. The third kappa shape index (κ3) is 5.52. The van der Waals surface area contributed by atoms with E-state index in [1.165, 1.54) is 11.8 Å². The van der Waals surface area contributed by atoms with Gasteiger partial charge >= 0.3 is 0 Å². The van der Waals surface area contributed by atoms with Crippen LogP contribution in [-0.2, 0) is 4.74 Å². The van der Waals surface area contributed by atoms with Gasteiger partial charge in [-0.2, -0.15) is 0 Å². The molecule has 1 aliphatic rings. The SMILES string of the molecule is O=C(NCCC[NH+]1CCOCC1)c1cc(Sc2ccc(Cl)cc2)nc2ccccc12. The van der Waals surface area contributed by atoms with Gasteiger partial charge in [0.05, 0.1) is 30.8 Å². The fourth-order valence-corrected chi connectivity index (χ4v) is 4.52. The number of quaternary nitrogens is 1. The molecule has 4 rings (SSSR count). The molecule has 2 heterocycles. The van der Waals surface area contributed by atoms with E-state index >= 15 is 0 Å². The molecule has 2 aromatic carbocycles. The number of fused-ring (bicyclic) bond motifs is 1. The summed E-state index contributed by atoms with van der Waals surface area (Å²) in [6.45, 7) is 5.48. The number of halogens is 1. The number of hydrogen-bond donors (Lipinski definition) is 2. The smallest absolute Gasteiger partial charge is 0.252 e. The van der Waals surface area contributed by atoms with Gasteiger partial charge in [0.2, 0.25) is 0 Å². The van der Waals surface area contributed by atoms with Gasteiger partial charge in [0, 0.05) is 28.3 Å². The second kappa shape index (κ2) is 10.3. The molecule has 2 N–H and O–H groups in total. The van der Waals surface area contributed by atoms with Crippen molar-refractivity contribution in [2.45, 2.75) is 16.3 Å². The lowest BCUT2D eigenvalue weighted by atomic mass is 10.1. The number of aromatic nitrogens is 1. The molecule has 1 aliphatic heterocycles. The average molecular weight is 443 g/mol. The van der Waals surface area contributed by atoms with Crippen molar-refractivity contribution >= 4 is 40.2 Å². The van der Waals surface area contributed by atoms with Crippen molar-refractivity contribution in [3.05, 3.63) is 65.2 Å². The van der Waals surface area contributed by atoms with Crippen molar-refractivity contribution in [3.8, 4) is 0 Å². The number of nitrogens with one attached hydrogen (secondary N) is 2. The molecule has 1 amide bonds. The van der Waals surface area contributed by atoms with Gasteiger partial charge in [-0.25, -0.2) is 4.98 Å². The molecule has 30 heavy (non-hydrogen) atoms. The standard InChI is InChI=1S/C23H24ClN3O2S/c24-17-6-8-18(9-7-17)30-22-16-20(19-4-1-2-5-21(19)26-22)23(28)25-10-3-11-27-12-14-29-15-13-27/h1-2,4-9,16H,3,10-15H2,(H,25,28)/p+1. The van der Waals surface area contributed by atoms with Crippen molar-refractivity contribution in [2.75, 3.05) is 39.4 Å².